The third-order valence-corrected chi connectivity index (χ3v) is 6.59. The van der Waals surface area contributed by atoms with Crippen LogP contribution in [0.4, 0.5) is 5.69 Å². The first-order valence-electron chi connectivity index (χ1n) is 9.85. The molecule has 0 radical (unpaired) electrons. The molecule has 0 saturated carbocycles. The summed E-state index contributed by atoms with van der Waals surface area (Å²) < 4.78 is 0. The van der Waals surface area contributed by atoms with Crippen LogP contribution >= 0.6 is 11.8 Å². The Balaban J connectivity index is 1.43. The van der Waals surface area contributed by atoms with E-state index < -0.39 is 0 Å². The summed E-state index contributed by atoms with van der Waals surface area (Å²) in [5, 5.41) is 9.38. The Morgan fingerprint density at radius 1 is 0.897 bits per heavy atom. The van der Waals surface area contributed by atoms with Crippen molar-refractivity contribution in [2.45, 2.75) is 22.7 Å². The number of nitrogen functional groups attached to an aromatic ring is 1. The number of hydrogen-bond donors (Lipinski definition) is 3. The third-order valence-electron chi connectivity index (χ3n) is 5.45. The van der Waals surface area contributed by atoms with E-state index >= 15 is 0 Å². The number of nitrogens with one attached hydrogen (secondary N) is 2. The number of allylic oxidation sites excluding steroid dienone is 2. The Hall–Kier alpha value is -3.11. The summed E-state index contributed by atoms with van der Waals surface area (Å²) in [5.74, 6) is 0.912. The van der Waals surface area contributed by atoms with Gasteiger partial charge in [0, 0.05) is 22.2 Å². The maximum absolute atomic E-state index is 6.59. The SMILES string of the molecule is Nc1c(SCc2ccccc2)ccc2ccc(C3=CNC4C=CC=CC4N3)cc12. The molecular formula is C25H23N3S. The average Bonchev–Trinajstić information content (AvgIpc) is 2.79. The van der Waals surface area contributed by atoms with Crippen LogP contribution in [0.3, 0.4) is 0 Å². The highest BCUT2D eigenvalue weighted by atomic mass is 32.2. The lowest BCUT2D eigenvalue weighted by Gasteiger charge is -2.32. The Bertz CT molecular complexity index is 1130. The first-order valence-corrected chi connectivity index (χ1v) is 10.8. The molecule has 2 atom stereocenters. The summed E-state index contributed by atoms with van der Waals surface area (Å²) in [6.45, 7) is 0. The topological polar surface area (TPSA) is 50.1 Å². The second kappa shape index (κ2) is 7.72. The van der Waals surface area contributed by atoms with Crippen LogP contribution in [0.2, 0.25) is 0 Å². The van der Waals surface area contributed by atoms with E-state index in [-0.39, 0.29) is 6.04 Å². The van der Waals surface area contributed by atoms with Crippen molar-refractivity contribution in [3.63, 3.8) is 0 Å². The van der Waals surface area contributed by atoms with Crippen molar-refractivity contribution < 1.29 is 0 Å². The molecule has 0 saturated heterocycles. The van der Waals surface area contributed by atoms with Gasteiger partial charge in [0.05, 0.1) is 23.5 Å². The zero-order chi connectivity index (χ0) is 19.6. The summed E-state index contributed by atoms with van der Waals surface area (Å²) in [6, 6.07) is 21.9. The molecule has 3 aromatic rings. The maximum Gasteiger partial charge on any atom is 0.0685 e. The van der Waals surface area contributed by atoms with E-state index in [1.165, 1.54) is 5.56 Å². The zero-order valence-electron chi connectivity index (χ0n) is 16.0. The molecule has 0 amide bonds. The first kappa shape index (κ1) is 18.0. The molecule has 0 spiro atoms. The van der Waals surface area contributed by atoms with Crippen molar-refractivity contribution in [1.82, 2.24) is 10.6 Å². The van der Waals surface area contributed by atoms with E-state index in [2.05, 4.69) is 95.7 Å². The summed E-state index contributed by atoms with van der Waals surface area (Å²) in [4.78, 5) is 1.13. The van der Waals surface area contributed by atoms with Gasteiger partial charge in [-0.1, -0.05) is 72.8 Å². The first-order chi connectivity index (χ1) is 14.3. The molecule has 4 heteroatoms. The van der Waals surface area contributed by atoms with Crippen LogP contribution in [0.25, 0.3) is 16.5 Å². The second-order valence-corrected chi connectivity index (χ2v) is 8.40. The number of rotatable bonds is 4. The predicted molar refractivity (Wildman–Crippen MR) is 124 cm³/mol. The number of fused-ring (bicyclic) bond motifs is 2. The van der Waals surface area contributed by atoms with E-state index in [1.54, 1.807) is 11.8 Å². The number of benzene rings is 3. The highest BCUT2D eigenvalue weighted by Gasteiger charge is 2.22. The molecule has 1 aliphatic carbocycles. The van der Waals surface area contributed by atoms with Gasteiger partial charge >= 0.3 is 0 Å². The molecule has 2 aliphatic rings. The van der Waals surface area contributed by atoms with Crippen LogP contribution in [-0.2, 0) is 5.75 Å². The van der Waals surface area contributed by atoms with Crippen molar-refractivity contribution in [3.8, 4) is 0 Å². The smallest absolute Gasteiger partial charge is 0.0685 e. The molecule has 1 aliphatic heterocycles. The largest absolute Gasteiger partial charge is 0.397 e. The van der Waals surface area contributed by atoms with Gasteiger partial charge in [0.2, 0.25) is 0 Å². The Kier molecular flexibility index (Phi) is 4.78. The van der Waals surface area contributed by atoms with Crippen molar-refractivity contribution in [3.05, 3.63) is 102 Å². The van der Waals surface area contributed by atoms with Crippen LogP contribution in [0.1, 0.15) is 11.1 Å². The van der Waals surface area contributed by atoms with E-state index in [1.807, 2.05) is 6.07 Å². The summed E-state index contributed by atoms with van der Waals surface area (Å²) >= 11 is 1.79. The molecule has 4 N–H and O–H groups in total. The highest BCUT2D eigenvalue weighted by molar-refractivity contribution is 7.98. The lowest BCUT2D eigenvalue weighted by atomic mass is 9.98. The van der Waals surface area contributed by atoms with Gasteiger partial charge in [0.1, 0.15) is 0 Å². The Morgan fingerprint density at radius 2 is 1.69 bits per heavy atom. The van der Waals surface area contributed by atoms with Gasteiger partial charge in [0.25, 0.3) is 0 Å². The molecular weight excluding hydrogens is 374 g/mol. The summed E-state index contributed by atoms with van der Waals surface area (Å²) in [7, 11) is 0. The number of anilines is 1. The van der Waals surface area contributed by atoms with E-state index in [0.717, 1.165) is 38.4 Å². The maximum atomic E-state index is 6.59. The number of nitrogens with two attached hydrogens (primary N) is 1. The van der Waals surface area contributed by atoms with Crippen LogP contribution in [0, 0.1) is 0 Å². The molecule has 1 heterocycles. The zero-order valence-corrected chi connectivity index (χ0v) is 16.8. The quantitative estimate of drug-likeness (QED) is 0.425. The second-order valence-electron chi connectivity index (χ2n) is 7.38. The molecule has 0 fully saturated rings. The average molecular weight is 398 g/mol. The monoisotopic (exact) mass is 397 g/mol. The van der Waals surface area contributed by atoms with Crippen molar-refractivity contribution in [2.24, 2.45) is 0 Å². The van der Waals surface area contributed by atoms with Gasteiger partial charge < -0.3 is 16.4 Å². The predicted octanol–water partition coefficient (Wildman–Crippen LogP) is 5.07. The summed E-state index contributed by atoms with van der Waals surface area (Å²) in [6.07, 6.45) is 10.6. The van der Waals surface area contributed by atoms with Crippen molar-refractivity contribution >= 4 is 33.9 Å². The minimum Gasteiger partial charge on any atom is -0.397 e. The van der Waals surface area contributed by atoms with Gasteiger partial charge in [-0.05, 0) is 28.6 Å². The van der Waals surface area contributed by atoms with Gasteiger partial charge in [0.15, 0.2) is 0 Å². The van der Waals surface area contributed by atoms with Gasteiger partial charge in [-0.25, -0.2) is 0 Å². The van der Waals surface area contributed by atoms with Crippen LogP contribution < -0.4 is 16.4 Å². The highest BCUT2D eigenvalue weighted by Crippen LogP contribution is 2.35. The van der Waals surface area contributed by atoms with Crippen molar-refractivity contribution in [2.75, 3.05) is 5.73 Å². The normalized spacial score (nSPS) is 19.9. The van der Waals surface area contributed by atoms with Crippen molar-refractivity contribution in [1.29, 1.82) is 0 Å². The third kappa shape index (κ3) is 3.64. The van der Waals surface area contributed by atoms with Crippen LogP contribution in [0.5, 0.6) is 0 Å². The standard InChI is InChI=1S/C25H23N3S/c26-25-20-14-19(23-15-27-21-8-4-5-9-22(21)28-23)11-10-18(20)12-13-24(25)29-16-17-6-2-1-3-7-17/h1-15,21-22,27-28H,16,26H2. The minimum atomic E-state index is 0.265. The fourth-order valence-electron chi connectivity index (χ4n) is 3.82. The van der Waals surface area contributed by atoms with Gasteiger partial charge in [-0.15, -0.1) is 11.8 Å². The van der Waals surface area contributed by atoms with E-state index in [9.17, 15) is 0 Å². The molecule has 3 aromatic carbocycles. The summed E-state index contributed by atoms with van der Waals surface area (Å²) in [5.41, 5.74) is 11.0. The van der Waals surface area contributed by atoms with E-state index in [0.29, 0.717) is 6.04 Å². The number of hydrogen-bond acceptors (Lipinski definition) is 4. The van der Waals surface area contributed by atoms with E-state index in [4.69, 9.17) is 5.73 Å². The molecule has 29 heavy (non-hydrogen) atoms. The lowest BCUT2D eigenvalue weighted by Crippen LogP contribution is -2.48. The molecule has 0 bridgehead atoms. The number of thioether (sulfide) groups is 1. The van der Waals surface area contributed by atoms with Gasteiger partial charge in [-0.3, -0.25) is 0 Å². The molecule has 3 nitrogen and oxygen atoms in total. The molecule has 0 aromatic heterocycles. The Labute approximate surface area is 175 Å². The molecule has 5 rings (SSSR count). The molecule has 2 unspecified atom stereocenters. The lowest BCUT2D eigenvalue weighted by molar-refractivity contribution is 0.544. The Morgan fingerprint density at radius 3 is 2.55 bits per heavy atom. The van der Waals surface area contributed by atoms with Crippen LogP contribution in [-0.4, -0.2) is 12.1 Å². The minimum absolute atomic E-state index is 0.265. The fraction of sp³-hybridized carbons (Fsp3) is 0.120. The van der Waals surface area contributed by atoms with Gasteiger partial charge in [-0.2, -0.15) is 0 Å². The van der Waals surface area contributed by atoms with Crippen LogP contribution in [0.15, 0.2) is 96.1 Å². The fourth-order valence-corrected chi connectivity index (χ4v) is 4.77. The molecule has 144 valence electrons.